The summed E-state index contributed by atoms with van der Waals surface area (Å²) in [5, 5.41) is 0. The Kier molecular flexibility index (Phi) is 3.33. The highest BCUT2D eigenvalue weighted by Crippen LogP contribution is 2.22. The monoisotopic (exact) mass is 186 g/mol. The minimum absolute atomic E-state index is 1.06. The van der Waals surface area contributed by atoms with Gasteiger partial charge in [0.1, 0.15) is 0 Å². The fraction of sp³-hybridized carbons (Fsp3) is 0.357. The van der Waals surface area contributed by atoms with E-state index >= 15 is 0 Å². The molecule has 0 nitrogen and oxygen atoms in total. The van der Waals surface area contributed by atoms with Crippen molar-refractivity contribution in [3.05, 3.63) is 46.7 Å². The second-order valence-corrected chi connectivity index (χ2v) is 3.75. The minimum atomic E-state index is 1.06. The van der Waals surface area contributed by atoms with E-state index in [1.54, 1.807) is 0 Å². The molecule has 0 bridgehead atoms. The van der Waals surface area contributed by atoms with Crippen LogP contribution in [0.15, 0.2) is 24.4 Å². The van der Waals surface area contributed by atoms with Crippen molar-refractivity contribution >= 4 is 5.57 Å². The third-order valence-corrected chi connectivity index (χ3v) is 2.77. The molecule has 0 N–H and O–H groups in total. The molecule has 0 aliphatic carbocycles. The molecule has 0 aliphatic rings. The van der Waals surface area contributed by atoms with Crippen LogP contribution in [0.3, 0.4) is 0 Å². The molecular formula is C14H18. The van der Waals surface area contributed by atoms with Crippen molar-refractivity contribution in [2.75, 3.05) is 0 Å². The zero-order valence-electron chi connectivity index (χ0n) is 9.57. The summed E-state index contributed by atoms with van der Waals surface area (Å²) in [5.74, 6) is 0. The first-order chi connectivity index (χ1) is 6.60. The molecule has 0 fully saturated rings. The summed E-state index contributed by atoms with van der Waals surface area (Å²) in [6, 6.07) is 4.51. The summed E-state index contributed by atoms with van der Waals surface area (Å²) in [7, 11) is 0. The van der Waals surface area contributed by atoms with E-state index in [1.165, 1.54) is 22.3 Å². The number of benzene rings is 1. The van der Waals surface area contributed by atoms with Crippen LogP contribution in [0.5, 0.6) is 0 Å². The van der Waals surface area contributed by atoms with Gasteiger partial charge in [0.05, 0.1) is 0 Å². The molecule has 1 rings (SSSR count). The van der Waals surface area contributed by atoms with Crippen LogP contribution in [-0.4, -0.2) is 0 Å². The van der Waals surface area contributed by atoms with Crippen LogP contribution in [0.1, 0.15) is 36.1 Å². The van der Waals surface area contributed by atoms with Gasteiger partial charge in [-0.1, -0.05) is 25.6 Å². The van der Waals surface area contributed by atoms with Gasteiger partial charge in [0.15, 0.2) is 0 Å². The van der Waals surface area contributed by atoms with Gasteiger partial charge in [-0.15, -0.1) is 5.73 Å². The number of rotatable bonds is 2. The molecule has 0 saturated heterocycles. The summed E-state index contributed by atoms with van der Waals surface area (Å²) in [4.78, 5) is 0. The smallest absolute Gasteiger partial charge is 0.00224 e. The second kappa shape index (κ2) is 4.30. The van der Waals surface area contributed by atoms with Gasteiger partial charge in [-0.2, -0.15) is 0 Å². The van der Waals surface area contributed by atoms with Gasteiger partial charge >= 0.3 is 0 Å². The molecule has 0 unspecified atom stereocenters. The van der Waals surface area contributed by atoms with Crippen molar-refractivity contribution in [3.63, 3.8) is 0 Å². The topological polar surface area (TPSA) is 0 Å². The first-order valence-electron chi connectivity index (χ1n) is 5.07. The number of allylic oxidation sites excluding steroid dienone is 1. The van der Waals surface area contributed by atoms with Crippen molar-refractivity contribution in [1.29, 1.82) is 0 Å². The van der Waals surface area contributed by atoms with E-state index in [-0.39, 0.29) is 0 Å². The molecule has 0 radical (unpaired) electrons. The lowest BCUT2D eigenvalue weighted by Gasteiger charge is -2.10. The Labute approximate surface area is 87.0 Å². The normalized spacial score (nSPS) is 9.71. The lowest BCUT2D eigenvalue weighted by molar-refractivity contribution is 1.11. The molecule has 1 aromatic rings. The molecule has 0 atom stereocenters. The Hall–Kier alpha value is -1.26. The maximum atomic E-state index is 3.70. The fourth-order valence-electron chi connectivity index (χ4n) is 1.61. The lowest BCUT2D eigenvalue weighted by Crippen LogP contribution is -1.93. The lowest BCUT2D eigenvalue weighted by atomic mass is 9.94. The Bertz CT molecular complexity index is 391. The van der Waals surface area contributed by atoms with E-state index in [9.17, 15) is 0 Å². The van der Waals surface area contributed by atoms with Gasteiger partial charge in [0.2, 0.25) is 0 Å². The Morgan fingerprint density at radius 3 is 2.36 bits per heavy atom. The van der Waals surface area contributed by atoms with Gasteiger partial charge in [-0.25, -0.2) is 0 Å². The first-order valence-corrected chi connectivity index (χ1v) is 5.07. The fourth-order valence-corrected chi connectivity index (χ4v) is 1.61. The second-order valence-electron chi connectivity index (χ2n) is 3.75. The van der Waals surface area contributed by atoms with Crippen molar-refractivity contribution in [2.45, 2.75) is 34.1 Å². The van der Waals surface area contributed by atoms with E-state index < -0.39 is 0 Å². The molecule has 0 aromatic heterocycles. The zero-order chi connectivity index (χ0) is 10.7. The van der Waals surface area contributed by atoms with Crippen LogP contribution in [0, 0.1) is 13.8 Å². The largest absolute Gasteiger partial charge is 0.125 e. The first kappa shape index (κ1) is 10.8. The summed E-state index contributed by atoms with van der Waals surface area (Å²) in [6.45, 7) is 12.3. The number of hydrogen-bond acceptors (Lipinski definition) is 0. The molecule has 74 valence electrons. The van der Waals surface area contributed by atoms with Crippen molar-refractivity contribution in [1.82, 2.24) is 0 Å². The molecule has 0 heteroatoms. The number of aryl methyl sites for hydroxylation is 3. The van der Waals surface area contributed by atoms with Gasteiger partial charge in [-0.3, -0.25) is 0 Å². The molecule has 0 heterocycles. The summed E-state index contributed by atoms with van der Waals surface area (Å²) in [5.41, 5.74) is 9.50. The van der Waals surface area contributed by atoms with Crippen molar-refractivity contribution < 1.29 is 0 Å². The number of hydrogen-bond donors (Lipinski definition) is 0. The maximum absolute atomic E-state index is 3.70. The van der Waals surface area contributed by atoms with E-state index in [0.717, 1.165) is 12.0 Å². The highest BCUT2D eigenvalue weighted by Gasteiger charge is 2.04. The zero-order valence-corrected chi connectivity index (χ0v) is 9.57. The Balaban J connectivity index is 3.42. The highest BCUT2D eigenvalue weighted by atomic mass is 14.1. The van der Waals surface area contributed by atoms with Crippen molar-refractivity contribution in [2.24, 2.45) is 0 Å². The van der Waals surface area contributed by atoms with Crippen molar-refractivity contribution in [3.8, 4) is 0 Å². The molecule has 1 aromatic carbocycles. The van der Waals surface area contributed by atoms with E-state index in [1.807, 2.05) is 0 Å². The van der Waals surface area contributed by atoms with E-state index in [4.69, 9.17) is 0 Å². The predicted octanol–water partition coefficient (Wildman–Crippen LogP) is 4.05. The molecule has 0 saturated carbocycles. The molecule has 0 spiro atoms. The van der Waals surface area contributed by atoms with Gasteiger partial charge in [0, 0.05) is 0 Å². The third-order valence-electron chi connectivity index (χ3n) is 2.77. The third kappa shape index (κ3) is 1.97. The molecule has 14 heavy (non-hydrogen) atoms. The van der Waals surface area contributed by atoms with Crippen LogP contribution < -0.4 is 0 Å². The predicted molar refractivity (Wildman–Crippen MR) is 63.5 cm³/mol. The summed E-state index contributed by atoms with van der Waals surface area (Å²) in [6.07, 6.45) is 1.06. The van der Waals surface area contributed by atoms with Crippen LogP contribution >= 0.6 is 0 Å². The highest BCUT2D eigenvalue weighted by molar-refractivity contribution is 5.67. The van der Waals surface area contributed by atoms with Crippen LogP contribution in [0.25, 0.3) is 5.57 Å². The average Bonchev–Trinajstić information content (AvgIpc) is 2.20. The maximum Gasteiger partial charge on any atom is -0.00224 e. The standard InChI is InChI=1S/C14H18/c1-6-10(3)14-9-12(5)11(4)8-13(14)7-2/h8-9H,1,7H2,2-5H3. The van der Waals surface area contributed by atoms with Gasteiger partial charge in [-0.05, 0) is 55.0 Å². The van der Waals surface area contributed by atoms with Gasteiger partial charge in [0.25, 0.3) is 0 Å². The SMILES string of the molecule is C=C=C(C)c1cc(C)c(C)cc1CC. The van der Waals surface area contributed by atoms with Crippen LogP contribution in [-0.2, 0) is 6.42 Å². The van der Waals surface area contributed by atoms with E-state index in [0.29, 0.717) is 0 Å². The van der Waals surface area contributed by atoms with Crippen LogP contribution in [0.2, 0.25) is 0 Å². The van der Waals surface area contributed by atoms with Crippen LogP contribution in [0.4, 0.5) is 0 Å². The molecule has 0 amide bonds. The minimum Gasteiger partial charge on any atom is -0.125 e. The average molecular weight is 186 g/mol. The van der Waals surface area contributed by atoms with Gasteiger partial charge < -0.3 is 0 Å². The quantitative estimate of drug-likeness (QED) is 0.611. The van der Waals surface area contributed by atoms with E-state index in [2.05, 4.69) is 52.1 Å². The Morgan fingerprint density at radius 1 is 1.29 bits per heavy atom. The summed E-state index contributed by atoms with van der Waals surface area (Å²) < 4.78 is 0. The molecular weight excluding hydrogens is 168 g/mol. The summed E-state index contributed by atoms with van der Waals surface area (Å²) >= 11 is 0. The Morgan fingerprint density at radius 2 is 1.86 bits per heavy atom. The molecule has 0 aliphatic heterocycles.